The van der Waals surface area contributed by atoms with Crippen molar-refractivity contribution in [1.82, 2.24) is 10.6 Å². The van der Waals surface area contributed by atoms with Crippen molar-refractivity contribution in [3.63, 3.8) is 0 Å². The first-order valence-electron chi connectivity index (χ1n) is 8.92. The molecule has 0 aromatic heterocycles. The predicted molar refractivity (Wildman–Crippen MR) is 106 cm³/mol. The van der Waals surface area contributed by atoms with E-state index in [0.717, 1.165) is 29.4 Å². The molecular formula is C19H33N3O2S. The Kier molecular flexibility index (Phi) is 8.97. The van der Waals surface area contributed by atoms with Gasteiger partial charge in [-0.1, -0.05) is 51.0 Å². The van der Waals surface area contributed by atoms with E-state index in [9.17, 15) is 8.42 Å². The minimum atomic E-state index is -2.99. The molecule has 25 heavy (non-hydrogen) atoms. The van der Waals surface area contributed by atoms with E-state index in [4.69, 9.17) is 0 Å². The molecule has 1 aromatic carbocycles. The fourth-order valence-electron chi connectivity index (χ4n) is 2.57. The fourth-order valence-corrected chi connectivity index (χ4v) is 3.37. The molecule has 0 aliphatic carbocycles. The van der Waals surface area contributed by atoms with E-state index in [-0.39, 0.29) is 5.75 Å². The summed E-state index contributed by atoms with van der Waals surface area (Å²) in [5.41, 5.74) is 1.90. The first-order chi connectivity index (χ1) is 11.7. The van der Waals surface area contributed by atoms with Gasteiger partial charge in [0.2, 0.25) is 0 Å². The van der Waals surface area contributed by atoms with Gasteiger partial charge in [-0.25, -0.2) is 8.42 Å². The van der Waals surface area contributed by atoms with Crippen molar-refractivity contribution in [3.05, 3.63) is 35.4 Å². The first-order valence-corrected chi connectivity index (χ1v) is 11.0. The van der Waals surface area contributed by atoms with Crippen molar-refractivity contribution < 1.29 is 8.42 Å². The Balaban J connectivity index is 2.44. The van der Waals surface area contributed by atoms with Crippen molar-refractivity contribution in [2.45, 2.75) is 58.4 Å². The third-order valence-corrected chi connectivity index (χ3v) is 4.79. The summed E-state index contributed by atoms with van der Waals surface area (Å²) in [6.45, 7) is 7.32. The molecule has 0 amide bonds. The molecule has 0 aliphatic heterocycles. The molecule has 0 spiro atoms. The van der Waals surface area contributed by atoms with E-state index in [1.54, 1.807) is 7.05 Å². The quantitative estimate of drug-likeness (QED) is 0.520. The summed E-state index contributed by atoms with van der Waals surface area (Å²) >= 11 is 0. The molecule has 0 bridgehead atoms. The standard InChI is InChI=1S/C19H33N3O2S/c1-15(2)7-6-8-16(3)22-19(20-4)21-13-17-9-11-18(12-10-17)14-25(5,23)24/h9-12,15-16H,6-8,13-14H2,1-5H3,(H2,20,21,22). The molecule has 1 unspecified atom stereocenters. The number of nitrogens with one attached hydrogen (secondary N) is 2. The maximum absolute atomic E-state index is 11.3. The highest BCUT2D eigenvalue weighted by Crippen LogP contribution is 2.09. The number of rotatable bonds is 9. The van der Waals surface area contributed by atoms with Crippen LogP contribution < -0.4 is 10.6 Å². The van der Waals surface area contributed by atoms with E-state index in [1.165, 1.54) is 19.1 Å². The van der Waals surface area contributed by atoms with Crippen molar-refractivity contribution in [3.8, 4) is 0 Å². The molecule has 1 aromatic rings. The average molecular weight is 368 g/mol. The second kappa shape index (κ2) is 10.4. The van der Waals surface area contributed by atoms with Crippen molar-refractivity contribution in [2.75, 3.05) is 13.3 Å². The highest BCUT2D eigenvalue weighted by Gasteiger charge is 2.07. The van der Waals surface area contributed by atoms with Crippen LogP contribution in [0.4, 0.5) is 0 Å². The van der Waals surface area contributed by atoms with Gasteiger partial charge < -0.3 is 10.6 Å². The molecule has 0 saturated heterocycles. The zero-order valence-electron chi connectivity index (χ0n) is 16.2. The van der Waals surface area contributed by atoms with E-state index in [0.29, 0.717) is 12.6 Å². The van der Waals surface area contributed by atoms with Crippen LogP contribution in [-0.2, 0) is 22.1 Å². The number of hydrogen-bond acceptors (Lipinski definition) is 3. The van der Waals surface area contributed by atoms with Gasteiger partial charge in [-0.05, 0) is 30.4 Å². The highest BCUT2D eigenvalue weighted by molar-refractivity contribution is 7.89. The SMILES string of the molecule is CN=C(NCc1ccc(CS(C)(=O)=O)cc1)NC(C)CCCC(C)C. The minimum absolute atomic E-state index is 0.0812. The Morgan fingerprint density at radius 1 is 1.08 bits per heavy atom. The molecule has 2 N–H and O–H groups in total. The summed E-state index contributed by atoms with van der Waals surface area (Å²) in [6.07, 6.45) is 4.84. The number of nitrogens with zero attached hydrogens (tertiary/aromatic N) is 1. The monoisotopic (exact) mass is 367 g/mol. The molecule has 1 atom stereocenters. The minimum Gasteiger partial charge on any atom is -0.354 e. The molecular weight excluding hydrogens is 334 g/mol. The molecule has 0 aliphatic rings. The molecule has 0 saturated carbocycles. The summed E-state index contributed by atoms with van der Waals surface area (Å²) < 4.78 is 22.6. The Labute approximate surface area is 153 Å². The molecule has 0 heterocycles. The average Bonchev–Trinajstić information content (AvgIpc) is 2.51. The summed E-state index contributed by atoms with van der Waals surface area (Å²) in [6, 6.07) is 8.01. The van der Waals surface area contributed by atoms with Gasteiger partial charge in [-0.15, -0.1) is 0 Å². The van der Waals surface area contributed by atoms with Gasteiger partial charge >= 0.3 is 0 Å². The zero-order valence-corrected chi connectivity index (χ0v) is 17.0. The number of hydrogen-bond donors (Lipinski definition) is 2. The Morgan fingerprint density at radius 2 is 1.68 bits per heavy atom. The van der Waals surface area contributed by atoms with E-state index < -0.39 is 9.84 Å². The lowest BCUT2D eigenvalue weighted by Crippen LogP contribution is -2.41. The first kappa shape index (κ1) is 21.5. The molecule has 0 radical (unpaired) electrons. The van der Waals surface area contributed by atoms with Crippen LogP contribution in [-0.4, -0.2) is 33.7 Å². The lowest BCUT2D eigenvalue weighted by atomic mass is 10.0. The van der Waals surface area contributed by atoms with Gasteiger partial charge in [0, 0.05) is 25.9 Å². The number of sulfone groups is 1. The van der Waals surface area contributed by atoms with E-state index in [1.807, 2.05) is 24.3 Å². The zero-order chi connectivity index (χ0) is 18.9. The van der Waals surface area contributed by atoms with E-state index in [2.05, 4.69) is 36.4 Å². The molecule has 0 fully saturated rings. The third kappa shape index (κ3) is 10.1. The van der Waals surface area contributed by atoms with Crippen LogP contribution in [0.3, 0.4) is 0 Å². The second-order valence-electron chi connectivity index (χ2n) is 7.18. The van der Waals surface area contributed by atoms with Crippen molar-refractivity contribution in [1.29, 1.82) is 0 Å². The summed E-state index contributed by atoms with van der Waals surface area (Å²) in [4.78, 5) is 4.27. The predicted octanol–water partition coefficient (Wildman–Crippen LogP) is 3.11. The summed E-state index contributed by atoms with van der Waals surface area (Å²) in [5.74, 6) is 1.62. The topological polar surface area (TPSA) is 70.6 Å². The second-order valence-corrected chi connectivity index (χ2v) is 9.32. The van der Waals surface area contributed by atoms with Crippen LogP contribution in [0.2, 0.25) is 0 Å². The lowest BCUT2D eigenvalue weighted by molar-refractivity contribution is 0.491. The van der Waals surface area contributed by atoms with Crippen LogP contribution >= 0.6 is 0 Å². The van der Waals surface area contributed by atoms with Crippen LogP contribution in [0.15, 0.2) is 29.3 Å². The number of benzene rings is 1. The van der Waals surface area contributed by atoms with Gasteiger partial charge in [0.05, 0.1) is 5.75 Å². The normalized spacial score (nSPS) is 13.8. The van der Waals surface area contributed by atoms with Crippen molar-refractivity contribution in [2.24, 2.45) is 10.9 Å². The van der Waals surface area contributed by atoms with Gasteiger partial charge in [-0.2, -0.15) is 0 Å². The Bertz CT molecular complexity index is 637. The maximum Gasteiger partial charge on any atom is 0.191 e. The fraction of sp³-hybridized carbons (Fsp3) is 0.632. The van der Waals surface area contributed by atoms with Gasteiger partial charge in [0.15, 0.2) is 15.8 Å². The van der Waals surface area contributed by atoms with Crippen LogP contribution in [0.25, 0.3) is 0 Å². The van der Waals surface area contributed by atoms with Crippen LogP contribution in [0.5, 0.6) is 0 Å². The Hall–Kier alpha value is -1.56. The summed E-state index contributed by atoms with van der Waals surface area (Å²) in [5, 5.41) is 6.72. The number of aliphatic imine (C=N–C) groups is 1. The molecule has 6 heteroatoms. The summed E-state index contributed by atoms with van der Waals surface area (Å²) in [7, 11) is -1.22. The highest BCUT2D eigenvalue weighted by atomic mass is 32.2. The van der Waals surface area contributed by atoms with Gasteiger partial charge in [-0.3, -0.25) is 4.99 Å². The molecule has 142 valence electrons. The van der Waals surface area contributed by atoms with Crippen LogP contribution in [0.1, 0.15) is 51.2 Å². The van der Waals surface area contributed by atoms with Gasteiger partial charge in [0.1, 0.15) is 0 Å². The lowest BCUT2D eigenvalue weighted by Gasteiger charge is -2.18. The van der Waals surface area contributed by atoms with Crippen molar-refractivity contribution >= 4 is 15.8 Å². The third-order valence-electron chi connectivity index (χ3n) is 3.94. The molecule has 5 nitrogen and oxygen atoms in total. The molecule has 1 rings (SSSR count). The number of guanidine groups is 1. The Morgan fingerprint density at radius 3 is 2.20 bits per heavy atom. The smallest absolute Gasteiger partial charge is 0.191 e. The van der Waals surface area contributed by atoms with Crippen LogP contribution in [0, 0.1) is 5.92 Å². The van der Waals surface area contributed by atoms with E-state index >= 15 is 0 Å². The maximum atomic E-state index is 11.3. The largest absolute Gasteiger partial charge is 0.354 e. The van der Waals surface area contributed by atoms with Gasteiger partial charge in [0.25, 0.3) is 0 Å².